The molecule has 3 nitrogen and oxygen atoms in total. The number of aliphatic hydroxyl groups is 1. The Morgan fingerprint density at radius 1 is 1.15 bits per heavy atom. The molecule has 0 bridgehead atoms. The third kappa shape index (κ3) is 4.28. The molecule has 0 unspecified atom stereocenters. The van der Waals surface area contributed by atoms with Crippen LogP contribution in [-0.2, 0) is 9.47 Å². The summed E-state index contributed by atoms with van der Waals surface area (Å²) in [5.41, 5.74) is 0. The maximum atomic E-state index is 8.58. The predicted octanol–water partition coefficient (Wildman–Crippen LogP) is 1.16. The Labute approximate surface area is 80.0 Å². The van der Waals surface area contributed by atoms with E-state index in [9.17, 15) is 0 Å². The minimum Gasteiger partial charge on any atom is -0.384 e. The molecule has 13 heavy (non-hydrogen) atoms. The number of rotatable bonds is 5. The van der Waals surface area contributed by atoms with Gasteiger partial charge in [0.05, 0.1) is 0 Å². The first kappa shape index (κ1) is 12.4. The molecule has 1 N–H and O–H groups in total. The topological polar surface area (TPSA) is 38.7 Å². The van der Waals surface area contributed by atoms with E-state index in [2.05, 4.69) is 11.8 Å². The molecule has 0 aliphatic carbocycles. The summed E-state index contributed by atoms with van der Waals surface area (Å²) in [5, 5.41) is 8.58. The molecule has 0 saturated heterocycles. The molecule has 0 fully saturated rings. The van der Waals surface area contributed by atoms with Crippen LogP contribution in [0.15, 0.2) is 0 Å². The smallest absolute Gasteiger partial charge is 0.233 e. The highest BCUT2D eigenvalue weighted by Crippen LogP contribution is 2.16. The van der Waals surface area contributed by atoms with E-state index in [1.165, 1.54) is 0 Å². The lowest BCUT2D eigenvalue weighted by Crippen LogP contribution is -2.33. The van der Waals surface area contributed by atoms with Gasteiger partial charge in [0.25, 0.3) is 0 Å². The fourth-order valence-corrected chi connectivity index (χ4v) is 1.05. The van der Waals surface area contributed by atoms with Crippen LogP contribution in [0.25, 0.3) is 0 Å². The number of hydrogen-bond donors (Lipinski definition) is 1. The number of ether oxygens (including phenoxy) is 2. The molecule has 0 aliphatic heterocycles. The number of hydrogen-bond acceptors (Lipinski definition) is 3. The zero-order chi connectivity index (χ0) is 10.2. The van der Waals surface area contributed by atoms with Gasteiger partial charge in [-0.15, -0.1) is 0 Å². The fraction of sp³-hybridized carbons (Fsp3) is 0.800. The van der Waals surface area contributed by atoms with Gasteiger partial charge >= 0.3 is 0 Å². The SMILES string of the molecule is CCOC(C#CCO)(CC)OCC. The van der Waals surface area contributed by atoms with Gasteiger partial charge in [0.2, 0.25) is 5.79 Å². The Hall–Kier alpha value is -0.560. The first-order chi connectivity index (χ1) is 6.24. The van der Waals surface area contributed by atoms with Gasteiger partial charge in [0, 0.05) is 19.6 Å². The molecular weight excluding hydrogens is 168 g/mol. The maximum Gasteiger partial charge on any atom is 0.233 e. The molecule has 0 rings (SSSR count). The van der Waals surface area contributed by atoms with Crippen molar-refractivity contribution in [2.24, 2.45) is 0 Å². The Balaban J connectivity index is 4.43. The summed E-state index contributed by atoms with van der Waals surface area (Å²) in [4.78, 5) is 0. The van der Waals surface area contributed by atoms with Crippen molar-refractivity contribution in [2.45, 2.75) is 33.0 Å². The van der Waals surface area contributed by atoms with E-state index in [1.807, 2.05) is 20.8 Å². The Morgan fingerprint density at radius 2 is 1.69 bits per heavy atom. The van der Waals surface area contributed by atoms with Gasteiger partial charge in [-0.2, -0.15) is 0 Å². The van der Waals surface area contributed by atoms with Crippen molar-refractivity contribution in [1.29, 1.82) is 0 Å². The van der Waals surface area contributed by atoms with Crippen molar-refractivity contribution < 1.29 is 14.6 Å². The lowest BCUT2D eigenvalue weighted by molar-refractivity contribution is -0.193. The van der Waals surface area contributed by atoms with Gasteiger partial charge in [-0.3, -0.25) is 0 Å². The van der Waals surface area contributed by atoms with Gasteiger partial charge in [0.1, 0.15) is 6.61 Å². The summed E-state index contributed by atoms with van der Waals surface area (Å²) in [6.45, 7) is 6.66. The molecule has 76 valence electrons. The number of aliphatic hydroxyl groups excluding tert-OH is 1. The molecule has 3 heteroatoms. The van der Waals surface area contributed by atoms with E-state index in [1.54, 1.807) is 0 Å². The van der Waals surface area contributed by atoms with E-state index in [4.69, 9.17) is 14.6 Å². The molecule has 0 radical (unpaired) electrons. The highest BCUT2D eigenvalue weighted by molar-refractivity contribution is 5.10. The summed E-state index contributed by atoms with van der Waals surface area (Å²) in [5.74, 6) is 4.53. The largest absolute Gasteiger partial charge is 0.384 e. The van der Waals surface area contributed by atoms with E-state index in [0.29, 0.717) is 19.6 Å². The molecule has 0 atom stereocenters. The Bertz CT molecular complexity index is 172. The second kappa shape index (κ2) is 6.90. The van der Waals surface area contributed by atoms with Crippen LogP contribution in [-0.4, -0.2) is 30.7 Å². The van der Waals surface area contributed by atoms with Crippen molar-refractivity contribution in [2.75, 3.05) is 19.8 Å². The average Bonchev–Trinajstić information content (AvgIpc) is 2.15. The molecule has 0 spiro atoms. The van der Waals surface area contributed by atoms with Crippen LogP contribution in [0, 0.1) is 11.8 Å². The van der Waals surface area contributed by atoms with Gasteiger partial charge < -0.3 is 14.6 Å². The normalized spacial score (nSPS) is 10.8. The van der Waals surface area contributed by atoms with Crippen LogP contribution < -0.4 is 0 Å². The summed E-state index contributed by atoms with van der Waals surface area (Å²) >= 11 is 0. The first-order valence-electron chi connectivity index (χ1n) is 4.63. The predicted molar refractivity (Wildman–Crippen MR) is 51.1 cm³/mol. The van der Waals surface area contributed by atoms with E-state index in [-0.39, 0.29) is 6.61 Å². The zero-order valence-corrected chi connectivity index (χ0v) is 8.59. The molecular formula is C10H18O3. The molecule has 0 aliphatic rings. The summed E-state index contributed by atoms with van der Waals surface area (Å²) < 4.78 is 10.8. The van der Waals surface area contributed by atoms with Crippen molar-refractivity contribution in [3.63, 3.8) is 0 Å². The quantitative estimate of drug-likeness (QED) is 0.517. The van der Waals surface area contributed by atoms with Crippen molar-refractivity contribution in [1.82, 2.24) is 0 Å². The van der Waals surface area contributed by atoms with Crippen LogP contribution in [0.4, 0.5) is 0 Å². The van der Waals surface area contributed by atoms with Gasteiger partial charge in [-0.1, -0.05) is 12.8 Å². The van der Waals surface area contributed by atoms with E-state index >= 15 is 0 Å². The Morgan fingerprint density at radius 3 is 2.00 bits per heavy atom. The van der Waals surface area contributed by atoms with Crippen LogP contribution in [0.3, 0.4) is 0 Å². The lowest BCUT2D eigenvalue weighted by atomic mass is 10.2. The van der Waals surface area contributed by atoms with Crippen molar-refractivity contribution >= 4 is 0 Å². The first-order valence-corrected chi connectivity index (χ1v) is 4.63. The van der Waals surface area contributed by atoms with Crippen molar-refractivity contribution in [3.05, 3.63) is 0 Å². The third-order valence-corrected chi connectivity index (χ3v) is 1.58. The second-order valence-corrected chi connectivity index (χ2v) is 2.43. The van der Waals surface area contributed by atoms with E-state index < -0.39 is 5.79 Å². The standard InChI is InChI=1S/C10H18O3/c1-4-10(12-5-2,13-6-3)8-7-9-11/h11H,4-6,9H2,1-3H3. The molecule has 0 heterocycles. The maximum absolute atomic E-state index is 8.58. The summed E-state index contributed by atoms with van der Waals surface area (Å²) in [6, 6.07) is 0. The molecule has 0 aromatic heterocycles. The van der Waals surface area contributed by atoms with Gasteiger partial charge in [0.15, 0.2) is 0 Å². The minimum atomic E-state index is -0.827. The Kier molecular flexibility index (Phi) is 6.61. The third-order valence-electron chi connectivity index (χ3n) is 1.58. The highest BCUT2D eigenvalue weighted by atomic mass is 16.7. The summed E-state index contributed by atoms with van der Waals surface area (Å²) in [7, 11) is 0. The van der Waals surface area contributed by atoms with E-state index in [0.717, 1.165) is 0 Å². The molecule has 0 saturated carbocycles. The van der Waals surface area contributed by atoms with Crippen LogP contribution in [0.2, 0.25) is 0 Å². The molecule has 0 aromatic carbocycles. The zero-order valence-electron chi connectivity index (χ0n) is 8.59. The van der Waals surface area contributed by atoms with Crippen LogP contribution >= 0.6 is 0 Å². The molecule has 0 amide bonds. The summed E-state index contributed by atoms with van der Waals surface area (Å²) in [6.07, 6.45) is 0.654. The van der Waals surface area contributed by atoms with Gasteiger partial charge in [-0.05, 0) is 19.8 Å². The highest BCUT2D eigenvalue weighted by Gasteiger charge is 2.26. The molecule has 0 aromatic rings. The van der Waals surface area contributed by atoms with Crippen molar-refractivity contribution in [3.8, 4) is 11.8 Å². The van der Waals surface area contributed by atoms with Crippen LogP contribution in [0.1, 0.15) is 27.2 Å². The monoisotopic (exact) mass is 186 g/mol. The van der Waals surface area contributed by atoms with Gasteiger partial charge in [-0.25, -0.2) is 0 Å². The second-order valence-electron chi connectivity index (χ2n) is 2.43. The minimum absolute atomic E-state index is 0.165. The fourth-order valence-electron chi connectivity index (χ4n) is 1.05. The van der Waals surface area contributed by atoms with Crippen LogP contribution in [0.5, 0.6) is 0 Å². The average molecular weight is 186 g/mol. The lowest BCUT2D eigenvalue weighted by Gasteiger charge is -2.26.